The second kappa shape index (κ2) is 12.1. The molecule has 0 saturated carbocycles. The van der Waals surface area contributed by atoms with E-state index in [1.807, 2.05) is 51.1 Å². The minimum absolute atomic E-state index is 0.0382. The summed E-state index contributed by atoms with van der Waals surface area (Å²) in [5.41, 5.74) is 4.07. The minimum Gasteiger partial charge on any atom is -0.490 e. The van der Waals surface area contributed by atoms with Crippen molar-refractivity contribution in [1.29, 1.82) is 5.26 Å². The number of nitriles is 1. The van der Waals surface area contributed by atoms with Gasteiger partial charge in [-0.2, -0.15) is 5.26 Å². The van der Waals surface area contributed by atoms with Crippen molar-refractivity contribution in [2.45, 2.75) is 27.4 Å². The molecule has 0 aliphatic heterocycles. The highest BCUT2D eigenvalue weighted by atomic mass is 79.9. The van der Waals surface area contributed by atoms with Gasteiger partial charge in [-0.15, -0.1) is 0 Å². The van der Waals surface area contributed by atoms with E-state index in [0.29, 0.717) is 43.9 Å². The number of nitrogens with one attached hydrogen (secondary N) is 1. The second-order valence-corrected chi connectivity index (χ2v) is 9.41. The van der Waals surface area contributed by atoms with Crippen LogP contribution in [0.25, 0.3) is 6.08 Å². The van der Waals surface area contributed by atoms with Crippen molar-refractivity contribution < 1.29 is 14.3 Å². The molecule has 35 heavy (non-hydrogen) atoms. The third kappa shape index (κ3) is 7.02. The number of carbonyl (C=O) groups is 1. The number of amides is 1. The Balaban J connectivity index is 1.85. The Hall–Kier alpha value is -2.98. The maximum atomic E-state index is 12.8. The van der Waals surface area contributed by atoms with E-state index in [1.54, 1.807) is 24.3 Å². The van der Waals surface area contributed by atoms with Crippen LogP contribution < -0.4 is 14.8 Å². The normalized spacial score (nSPS) is 11.1. The molecule has 0 atom stereocenters. The van der Waals surface area contributed by atoms with Crippen LogP contribution in [-0.2, 0) is 11.4 Å². The first-order valence-corrected chi connectivity index (χ1v) is 12.3. The lowest BCUT2D eigenvalue weighted by atomic mass is 10.1. The van der Waals surface area contributed by atoms with Gasteiger partial charge in [-0.1, -0.05) is 47.0 Å². The molecule has 0 aromatic heterocycles. The zero-order valence-electron chi connectivity index (χ0n) is 19.4. The van der Waals surface area contributed by atoms with Gasteiger partial charge in [-0.25, -0.2) is 0 Å². The van der Waals surface area contributed by atoms with Gasteiger partial charge in [0.15, 0.2) is 11.5 Å². The molecule has 0 aliphatic rings. The average molecular weight is 574 g/mol. The number of hydrogen-bond acceptors (Lipinski definition) is 4. The Kier molecular flexibility index (Phi) is 9.22. The van der Waals surface area contributed by atoms with E-state index >= 15 is 0 Å². The van der Waals surface area contributed by atoms with Gasteiger partial charge in [0, 0.05) is 5.69 Å². The highest BCUT2D eigenvalue weighted by Gasteiger charge is 2.15. The summed E-state index contributed by atoms with van der Waals surface area (Å²) in [6.07, 6.45) is 1.51. The molecule has 3 aromatic carbocycles. The Bertz CT molecular complexity index is 1330. The quantitative estimate of drug-likeness (QED) is 0.219. The van der Waals surface area contributed by atoms with Crippen LogP contribution in [0.4, 0.5) is 5.69 Å². The van der Waals surface area contributed by atoms with E-state index in [9.17, 15) is 10.1 Å². The summed E-state index contributed by atoms with van der Waals surface area (Å²) >= 11 is 15.6. The summed E-state index contributed by atoms with van der Waals surface area (Å²) in [4.78, 5) is 12.8. The van der Waals surface area contributed by atoms with Crippen LogP contribution in [0.1, 0.15) is 29.2 Å². The number of ether oxygens (including phenoxy) is 2. The maximum absolute atomic E-state index is 12.8. The van der Waals surface area contributed by atoms with Crippen LogP contribution in [0.2, 0.25) is 10.0 Å². The van der Waals surface area contributed by atoms with Gasteiger partial charge in [0.25, 0.3) is 5.91 Å². The molecule has 0 unspecified atom stereocenters. The van der Waals surface area contributed by atoms with Crippen molar-refractivity contribution in [1.82, 2.24) is 0 Å². The molecule has 0 saturated heterocycles. The van der Waals surface area contributed by atoms with Crippen LogP contribution in [-0.4, -0.2) is 12.5 Å². The summed E-state index contributed by atoms with van der Waals surface area (Å²) in [6, 6.07) is 16.4. The Labute approximate surface area is 223 Å². The molecule has 0 radical (unpaired) electrons. The van der Waals surface area contributed by atoms with Gasteiger partial charge in [-0.05, 0) is 89.8 Å². The third-order valence-corrected chi connectivity index (χ3v) is 6.33. The summed E-state index contributed by atoms with van der Waals surface area (Å²) in [7, 11) is 0. The van der Waals surface area contributed by atoms with Crippen molar-refractivity contribution in [3.63, 3.8) is 0 Å². The van der Waals surface area contributed by atoms with Crippen molar-refractivity contribution in [2.24, 2.45) is 0 Å². The molecule has 5 nitrogen and oxygen atoms in total. The number of carbonyl (C=O) groups excluding carboxylic acids is 1. The molecule has 0 aliphatic carbocycles. The molecule has 0 heterocycles. The molecule has 0 spiro atoms. The van der Waals surface area contributed by atoms with Crippen LogP contribution in [0, 0.1) is 25.2 Å². The second-order valence-electron chi connectivity index (χ2n) is 7.74. The van der Waals surface area contributed by atoms with Crippen LogP contribution in [0.3, 0.4) is 0 Å². The molecule has 3 aromatic rings. The standard InChI is InChI=1S/C27H23BrCl2N2O3/c1-4-34-25-13-19(10-20(14-31)27(33)32-24-8-5-16(2)9-17(24)3)11-21(28)26(25)35-15-18-6-7-22(29)23(30)12-18/h5-13H,4,15H2,1-3H3,(H,32,33)/b20-10+. The Morgan fingerprint density at radius 3 is 2.51 bits per heavy atom. The van der Waals surface area contributed by atoms with Crippen molar-refractivity contribution in [3.05, 3.63) is 90.9 Å². The molecule has 0 fully saturated rings. The monoisotopic (exact) mass is 572 g/mol. The largest absolute Gasteiger partial charge is 0.490 e. The lowest BCUT2D eigenvalue weighted by Crippen LogP contribution is -2.14. The van der Waals surface area contributed by atoms with E-state index in [2.05, 4.69) is 21.2 Å². The predicted molar refractivity (Wildman–Crippen MR) is 144 cm³/mol. The van der Waals surface area contributed by atoms with Gasteiger partial charge < -0.3 is 14.8 Å². The summed E-state index contributed by atoms with van der Waals surface area (Å²) in [6.45, 7) is 6.39. The fourth-order valence-corrected chi connectivity index (χ4v) is 4.21. The lowest BCUT2D eigenvalue weighted by molar-refractivity contribution is -0.112. The summed E-state index contributed by atoms with van der Waals surface area (Å²) < 4.78 is 12.4. The summed E-state index contributed by atoms with van der Waals surface area (Å²) in [5, 5.41) is 13.3. The number of nitrogens with zero attached hydrogens (tertiary/aromatic N) is 1. The highest BCUT2D eigenvalue weighted by molar-refractivity contribution is 9.10. The zero-order chi connectivity index (χ0) is 25.5. The number of aryl methyl sites for hydroxylation is 2. The maximum Gasteiger partial charge on any atom is 0.266 e. The van der Waals surface area contributed by atoms with Crippen LogP contribution in [0.5, 0.6) is 11.5 Å². The average Bonchev–Trinajstić information content (AvgIpc) is 2.81. The molecular weight excluding hydrogens is 551 g/mol. The smallest absolute Gasteiger partial charge is 0.266 e. The number of anilines is 1. The Morgan fingerprint density at radius 2 is 1.86 bits per heavy atom. The fraction of sp³-hybridized carbons (Fsp3) is 0.185. The van der Waals surface area contributed by atoms with E-state index < -0.39 is 5.91 Å². The van der Waals surface area contributed by atoms with E-state index in [0.717, 1.165) is 16.7 Å². The topological polar surface area (TPSA) is 71.3 Å². The number of hydrogen-bond donors (Lipinski definition) is 1. The minimum atomic E-state index is -0.492. The zero-order valence-corrected chi connectivity index (χ0v) is 22.5. The van der Waals surface area contributed by atoms with Crippen molar-refractivity contribution in [3.8, 4) is 17.6 Å². The van der Waals surface area contributed by atoms with E-state index in [4.69, 9.17) is 32.7 Å². The van der Waals surface area contributed by atoms with Gasteiger partial charge in [0.2, 0.25) is 0 Å². The van der Waals surface area contributed by atoms with Crippen LogP contribution >= 0.6 is 39.1 Å². The van der Waals surface area contributed by atoms with Gasteiger partial charge in [0.05, 0.1) is 21.1 Å². The molecule has 0 bridgehead atoms. The molecule has 8 heteroatoms. The molecule has 1 amide bonds. The molecule has 180 valence electrons. The van der Waals surface area contributed by atoms with Gasteiger partial charge >= 0.3 is 0 Å². The molecule has 3 rings (SSSR count). The fourth-order valence-electron chi connectivity index (χ4n) is 3.32. The third-order valence-electron chi connectivity index (χ3n) is 5.01. The van der Waals surface area contributed by atoms with E-state index in [1.165, 1.54) is 6.08 Å². The van der Waals surface area contributed by atoms with Crippen molar-refractivity contribution in [2.75, 3.05) is 11.9 Å². The van der Waals surface area contributed by atoms with Gasteiger partial charge in [-0.3, -0.25) is 4.79 Å². The number of halogens is 3. The predicted octanol–water partition coefficient (Wildman–Crippen LogP) is 7.90. The number of benzene rings is 3. The van der Waals surface area contributed by atoms with Crippen LogP contribution in [0.15, 0.2) is 58.6 Å². The number of rotatable bonds is 8. The highest BCUT2D eigenvalue weighted by Crippen LogP contribution is 2.38. The van der Waals surface area contributed by atoms with E-state index in [-0.39, 0.29) is 12.2 Å². The van der Waals surface area contributed by atoms with Gasteiger partial charge in [0.1, 0.15) is 18.2 Å². The first-order valence-electron chi connectivity index (χ1n) is 10.7. The van der Waals surface area contributed by atoms with Crippen molar-refractivity contribution >= 4 is 56.8 Å². The SMILES string of the molecule is CCOc1cc(/C=C(\C#N)C(=O)Nc2ccc(C)cc2C)cc(Br)c1OCc1ccc(Cl)c(Cl)c1. The lowest BCUT2D eigenvalue weighted by Gasteiger charge is -2.15. The first-order chi connectivity index (χ1) is 16.7. The first kappa shape index (κ1) is 26.6. The Morgan fingerprint density at radius 1 is 1.09 bits per heavy atom. The molecule has 1 N–H and O–H groups in total. The molecular formula is C27H23BrCl2N2O3. The summed E-state index contributed by atoms with van der Waals surface area (Å²) in [5.74, 6) is 0.474.